The molecule has 2 aliphatic heterocycles. The Kier molecular flexibility index (Phi) is 2.14. The Hall–Kier alpha value is -0.550. The van der Waals surface area contributed by atoms with Crippen LogP contribution in [0.5, 0.6) is 0 Å². The van der Waals surface area contributed by atoms with Gasteiger partial charge in [-0.15, -0.1) is 0 Å². The van der Waals surface area contributed by atoms with Crippen molar-refractivity contribution in [3.8, 4) is 0 Å². The van der Waals surface area contributed by atoms with Gasteiger partial charge in [-0.3, -0.25) is 4.79 Å². The molecular formula is C9H10Cl2N4O. The van der Waals surface area contributed by atoms with Crippen molar-refractivity contribution in [2.45, 2.75) is 47.8 Å². The number of azo groups is 2. The van der Waals surface area contributed by atoms with E-state index in [1.807, 2.05) is 0 Å². The van der Waals surface area contributed by atoms with Crippen molar-refractivity contribution in [3.05, 3.63) is 0 Å². The number of nitrogens with zero attached hydrogens (tertiary/aromatic N) is 4. The normalized spacial score (nSPS) is 50.2. The fourth-order valence-corrected chi connectivity index (χ4v) is 3.32. The highest BCUT2D eigenvalue weighted by atomic mass is 35.5. The van der Waals surface area contributed by atoms with Gasteiger partial charge < -0.3 is 0 Å². The number of rotatable bonds is 0. The van der Waals surface area contributed by atoms with E-state index in [1.165, 1.54) is 0 Å². The summed E-state index contributed by atoms with van der Waals surface area (Å²) in [5, 5.41) is 15.9. The lowest BCUT2D eigenvalue weighted by molar-refractivity contribution is -0.125. The van der Waals surface area contributed by atoms with Crippen molar-refractivity contribution in [1.29, 1.82) is 0 Å². The number of halogens is 2. The number of hydrogen-bond donors (Lipinski definition) is 0. The molecular weight excluding hydrogens is 251 g/mol. The lowest BCUT2D eigenvalue weighted by Gasteiger charge is -2.20. The van der Waals surface area contributed by atoms with Crippen LogP contribution in [0.25, 0.3) is 0 Å². The number of carbonyl (C=O) groups is 1. The Balaban J connectivity index is 1.92. The average molecular weight is 261 g/mol. The summed E-state index contributed by atoms with van der Waals surface area (Å²) in [5.74, 6) is -0.00111. The molecule has 0 saturated heterocycles. The Morgan fingerprint density at radius 1 is 1.00 bits per heavy atom. The molecule has 0 radical (unpaired) electrons. The van der Waals surface area contributed by atoms with Crippen molar-refractivity contribution in [2.24, 2.45) is 20.5 Å². The molecule has 1 saturated carbocycles. The van der Waals surface area contributed by atoms with Gasteiger partial charge in [-0.05, 0) is 12.8 Å². The first-order chi connectivity index (χ1) is 7.56. The minimum absolute atomic E-state index is 0.00111. The summed E-state index contributed by atoms with van der Waals surface area (Å²) in [6, 6.07) is 0. The predicted octanol–water partition coefficient (Wildman–Crippen LogP) is 2.67. The summed E-state index contributed by atoms with van der Waals surface area (Å²) in [7, 11) is 0. The fourth-order valence-electron chi connectivity index (χ4n) is 2.72. The molecule has 1 fully saturated rings. The summed E-state index contributed by atoms with van der Waals surface area (Å²) in [4.78, 5) is 12.4. The van der Waals surface area contributed by atoms with Crippen LogP contribution in [0, 0.1) is 0 Å². The third kappa shape index (κ3) is 1.27. The highest BCUT2D eigenvalue weighted by molar-refractivity contribution is 6.21. The highest BCUT2D eigenvalue weighted by Gasteiger charge is 2.61. The van der Waals surface area contributed by atoms with Gasteiger partial charge in [0.15, 0.2) is 5.78 Å². The molecule has 5 nitrogen and oxygen atoms in total. The molecule has 2 heterocycles. The summed E-state index contributed by atoms with van der Waals surface area (Å²) in [5.41, 5.74) is -2.26. The molecule has 4 atom stereocenters. The van der Waals surface area contributed by atoms with Crippen LogP contribution in [-0.4, -0.2) is 27.9 Å². The Morgan fingerprint density at radius 2 is 1.44 bits per heavy atom. The SMILES string of the molecule is O=C1C2(CCC13CC(Cl)N=N3)CC(Cl)N=N2. The first-order valence-corrected chi connectivity index (χ1v) is 6.11. The smallest absolute Gasteiger partial charge is 0.191 e. The van der Waals surface area contributed by atoms with E-state index in [4.69, 9.17) is 23.2 Å². The van der Waals surface area contributed by atoms with Gasteiger partial charge in [-0.2, -0.15) is 20.5 Å². The quantitative estimate of drug-likeness (QED) is 0.488. The molecule has 4 unspecified atom stereocenters. The van der Waals surface area contributed by atoms with E-state index >= 15 is 0 Å². The van der Waals surface area contributed by atoms with Crippen LogP contribution in [0.1, 0.15) is 25.7 Å². The summed E-state index contributed by atoms with van der Waals surface area (Å²) >= 11 is 11.8. The second-order valence-corrected chi connectivity index (χ2v) is 5.61. The second kappa shape index (κ2) is 3.23. The number of ketones is 1. The number of hydrogen-bond acceptors (Lipinski definition) is 5. The zero-order valence-corrected chi connectivity index (χ0v) is 9.95. The Labute approximate surface area is 102 Å². The molecule has 2 spiro atoms. The molecule has 0 aromatic carbocycles. The number of carbonyl (C=O) groups excluding carboxylic acids is 1. The van der Waals surface area contributed by atoms with Crippen molar-refractivity contribution in [3.63, 3.8) is 0 Å². The highest BCUT2D eigenvalue weighted by Crippen LogP contribution is 2.50. The lowest BCUT2D eigenvalue weighted by atomic mass is 9.87. The van der Waals surface area contributed by atoms with Crippen molar-refractivity contribution >= 4 is 29.0 Å². The summed E-state index contributed by atoms with van der Waals surface area (Å²) in [6.07, 6.45) is 2.28. The third-order valence-electron chi connectivity index (χ3n) is 3.56. The summed E-state index contributed by atoms with van der Waals surface area (Å²) in [6.45, 7) is 0. The first kappa shape index (κ1) is 10.6. The lowest BCUT2D eigenvalue weighted by Crippen LogP contribution is -2.41. The van der Waals surface area contributed by atoms with Gasteiger partial charge in [0, 0.05) is 12.8 Å². The van der Waals surface area contributed by atoms with Crippen LogP contribution in [0.4, 0.5) is 0 Å². The van der Waals surface area contributed by atoms with Gasteiger partial charge in [-0.25, -0.2) is 0 Å². The van der Waals surface area contributed by atoms with Crippen LogP contribution < -0.4 is 0 Å². The first-order valence-electron chi connectivity index (χ1n) is 5.23. The number of Topliss-reactive ketones (excluding diaryl/α,β-unsaturated/α-hetero) is 1. The minimum Gasteiger partial charge on any atom is -0.294 e. The second-order valence-electron chi connectivity index (χ2n) is 4.60. The molecule has 0 aromatic heterocycles. The van der Waals surface area contributed by atoms with Gasteiger partial charge in [0.05, 0.1) is 0 Å². The van der Waals surface area contributed by atoms with Crippen LogP contribution in [0.2, 0.25) is 0 Å². The van der Waals surface area contributed by atoms with Gasteiger partial charge in [0.2, 0.25) is 0 Å². The predicted molar refractivity (Wildman–Crippen MR) is 57.9 cm³/mol. The molecule has 3 aliphatic rings. The van der Waals surface area contributed by atoms with Crippen molar-refractivity contribution < 1.29 is 4.79 Å². The van der Waals surface area contributed by atoms with E-state index in [2.05, 4.69) is 20.5 Å². The zero-order chi connectivity index (χ0) is 11.4. The molecule has 86 valence electrons. The maximum atomic E-state index is 12.4. The van der Waals surface area contributed by atoms with Crippen LogP contribution in [0.3, 0.4) is 0 Å². The Bertz CT molecular complexity index is 376. The van der Waals surface area contributed by atoms with E-state index in [0.717, 1.165) is 0 Å². The van der Waals surface area contributed by atoms with Crippen LogP contribution in [0.15, 0.2) is 20.5 Å². The third-order valence-corrected chi connectivity index (χ3v) is 4.04. The largest absolute Gasteiger partial charge is 0.294 e. The molecule has 16 heavy (non-hydrogen) atoms. The molecule has 1 aliphatic carbocycles. The van der Waals surface area contributed by atoms with E-state index in [1.54, 1.807) is 0 Å². The molecule has 0 aromatic rings. The van der Waals surface area contributed by atoms with Gasteiger partial charge in [-0.1, -0.05) is 23.2 Å². The maximum Gasteiger partial charge on any atom is 0.191 e. The van der Waals surface area contributed by atoms with Crippen molar-refractivity contribution in [1.82, 2.24) is 0 Å². The van der Waals surface area contributed by atoms with Crippen LogP contribution in [-0.2, 0) is 4.79 Å². The Morgan fingerprint density at radius 3 is 1.75 bits per heavy atom. The van der Waals surface area contributed by atoms with E-state index in [9.17, 15) is 4.79 Å². The van der Waals surface area contributed by atoms with E-state index < -0.39 is 11.1 Å². The van der Waals surface area contributed by atoms with Gasteiger partial charge >= 0.3 is 0 Å². The topological polar surface area (TPSA) is 66.5 Å². The van der Waals surface area contributed by atoms with E-state index in [0.29, 0.717) is 25.7 Å². The van der Waals surface area contributed by atoms with Gasteiger partial charge in [0.25, 0.3) is 0 Å². The van der Waals surface area contributed by atoms with Gasteiger partial charge in [0.1, 0.15) is 22.1 Å². The molecule has 0 amide bonds. The standard InChI is InChI=1S/C9H10Cl2N4O/c10-5-3-8(14-12-5)1-2-9(7(8)16)4-6(11)13-15-9/h5-6H,1-4H2. The molecule has 7 heteroatoms. The maximum absolute atomic E-state index is 12.4. The monoisotopic (exact) mass is 260 g/mol. The zero-order valence-electron chi connectivity index (χ0n) is 8.44. The van der Waals surface area contributed by atoms with E-state index in [-0.39, 0.29) is 16.8 Å². The number of alkyl halides is 2. The average Bonchev–Trinajstić information content (AvgIpc) is 2.87. The molecule has 0 bridgehead atoms. The van der Waals surface area contributed by atoms with Crippen molar-refractivity contribution in [2.75, 3.05) is 0 Å². The summed E-state index contributed by atoms with van der Waals surface area (Å²) < 4.78 is 0. The molecule has 3 rings (SSSR count). The fraction of sp³-hybridized carbons (Fsp3) is 0.889. The van der Waals surface area contributed by atoms with Crippen LogP contribution >= 0.6 is 23.2 Å². The minimum atomic E-state index is -0.744. The molecule has 0 N–H and O–H groups in total.